The van der Waals surface area contributed by atoms with Crippen LogP contribution in [-0.2, 0) is 5.41 Å². The van der Waals surface area contributed by atoms with Crippen molar-refractivity contribution in [1.29, 1.82) is 0 Å². The Labute approximate surface area is 168 Å². The number of benzene rings is 3. The molecule has 0 aromatic heterocycles. The van der Waals surface area contributed by atoms with Crippen LogP contribution in [0.1, 0.15) is 19.4 Å². The molecule has 0 amide bonds. The van der Waals surface area contributed by atoms with Gasteiger partial charge in [-0.25, -0.2) is 0 Å². The Bertz CT molecular complexity index is 966. The second-order valence-electron chi connectivity index (χ2n) is 7.14. The summed E-state index contributed by atoms with van der Waals surface area (Å²) >= 11 is 6.81. The van der Waals surface area contributed by atoms with E-state index in [1.54, 1.807) is 0 Å². The van der Waals surface area contributed by atoms with E-state index in [0.29, 0.717) is 0 Å². The van der Waals surface area contributed by atoms with Crippen molar-refractivity contribution in [3.8, 4) is 0 Å². The molecule has 0 aliphatic heterocycles. The first kappa shape index (κ1) is 18.2. The fourth-order valence-corrected chi connectivity index (χ4v) is 6.90. The molecule has 27 heavy (non-hydrogen) atoms. The zero-order valence-corrected chi connectivity index (χ0v) is 17.2. The second-order valence-corrected chi connectivity index (χ2v) is 9.74. The number of hydrogen-bond donors (Lipinski definition) is 0. The fraction of sp³-hybridized carbons (Fsp3) is 0.120. The van der Waals surface area contributed by atoms with Crippen LogP contribution in [-0.4, -0.2) is 0 Å². The molecule has 0 radical (unpaired) electrons. The summed E-state index contributed by atoms with van der Waals surface area (Å²) in [6.07, 6.45) is 6.79. The highest BCUT2D eigenvalue weighted by molar-refractivity contribution is 7.80. The van der Waals surface area contributed by atoms with Gasteiger partial charge in [-0.2, -0.15) is 0 Å². The highest BCUT2D eigenvalue weighted by Gasteiger charge is 2.32. The molecule has 0 heterocycles. The van der Waals surface area contributed by atoms with Crippen LogP contribution in [0.3, 0.4) is 0 Å². The minimum atomic E-state index is -0.693. The molecule has 134 valence electrons. The van der Waals surface area contributed by atoms with Gasteiger partial charge in [0.25, 0.3) is 0 Å². The first-order valence-electron chi connectivity index (χ1n) is 9.16. The van der Waals surface area contributed by atoms with Crippen LogP contribution in [0.5, 0.6) is 0 Å². The maximum absolute atomic E-state index is 6.81. The normalized spacial score (nSPS) is 18.7. The van der Waals surface area contributed by atoms with Crippen LogP contribution >= 0.6 is 19.5 Å². The zero-order valence-electron chi connectivity index (χ0n) is 15.6. The third-order valence-corrected chi connectivity index (χ3v) is 7.82. The molecule has 0 fully saturated rings. The molecular formula is C25H22ClP. The topological polar surface area (TPSA) is 0 Å². The summed E-state index contributed by atoms with van der Waals surface area (Å²) in [4.78, 5) is 0. The summed E-state index contributed by atoms with van der Waals surface area (Å²) in [5, 5.41) is 4.85. The van der Waals surface area contributed by atoms with Gasteiger partial charge in [0.15, 0.2) is 0 Å². The molecular weight excluding hydrogens is 367 g/mol. The summed E-state index contributed by atoms with van der Waals surface area (Å²) in [5.74, 6) is 0. The van der Waals surface area contributed by atoms with Gasteiger partial charge in [-0.1, -0.05) is 108 Å². The Balaban J connectivity index is 1.98. The summed E-state index contributed by atoms with van der Waals surface area (Å²) in [7, 11) is -0.693. The van der Waals surface area contributed by atoms with E-state index in [4.69, 9.17) is 11.6 Å². The number of halogens is 1. The summed E-state index contributed by atoms with van der Waals surface area (Å²) in [5.41, 5.74) is 2.33. The van der Waals surface area contributed by atoms with Gasteiger partial charge in [0.1, 0.15) is 0 Å². The van der Waals surface area contributed by atoms with E-state index in [0.717, 1.165) is 5.02 Å². The first-order chi connectivity index (χ1) is 13.1. The number of rotatable bonds is 4. The van der Waals surface area contributed by atoms with Crippen molar-refractivity contribution in [3.05, 3.63) is 113 Å². The lowest BCUT2D eigenvalue weighted by Crippen LogP contribution is -2.29. The van der Waals surface area contributed by atoms with Crippen molar-refractivity contribution in [2.45, 2.75) is 19.3 Å². The van der Waals surface area contributed by atoms with Crippen LogP contribution in [0.2, 0.25) is 5.02 Å². The van der Waals surface area contributed by atoms with Crippen LogP contribution in [0, 0.1) is 0 Å². The largest absolute Gasteiger partial charge is 0.0840 e. The highest BCUT2D eigenvalue weighted by atomic mass is 35.5. The van der Waals surface area contributed by atoms with Crippen molar-refractivity contribution in [2.24, 2.45) is 0 Å². The SMILES string of the molecule is CC1=CC(C)(c2c(Cl)cccc2P(c2ccccc2)c2ccccc2)C=C1. The lowest BCUT2D eigenvalue weighted by atomic mass is 9.84. The van der Waals surface area contributed by atoms with E-state index in [2.05, 4.69) is 105 Å². The molecule has 0 saturated heterocycles. The molecule has 0 N–H and O–H groups in total. The van der Waals surface area contributed by atoms with Gasteiger partial charge in [0.2, 0.25) is 0 Å². The van der Waals surface area contributed by atoms with Crippen LogP contribution in [0.25, 0.3) is 0 Å². The first-order valence-corrected chi connectivity index (χ1v) is 10.9. The Morgan fingerprint density at radius 2 is 1.37 bits per heavy atom. The summed E-state index contributed by atoms with van der Waals surface area (Å²) < 4.78 is 0. The van der Waals surface area contributed by atoms with E-state index < -0.39 is 7.92 Å². The molecule has 3 aromatic carbocycles. The molecule has 0 saturated carbocycles. The molecule has 1 atom stereocenters. The maximum Gasteiger partial charge on any atom is 0.0456 e. The van der Waals surface area contributed by atoms with Gasteiger partial charge in [0, 0.05) is 10.4 Å². The molecule has 2 heteroatoms. The van der Waals surface area contributed by atoms with Crippen molar-refractivity contribution in [2.75, 3.05) is 0 Å². The fourth-order valence-electron chi connectivity index (χ4n) is 3.84. The standard InChI is InChI=1S/C25H22ClP/c1-19-16-17-25(2,18-19)24-22(26)14-9-15-23(24)27(20-10-5-3-6-11-20)21-12-7-4-8-13-21/h3-18H,1-2H3. The van der Waals surface area contributed by atoms with Crippen molar-refractivity contribution >= 4 is 35.4 Å². The lowest BCUT2D eigenvalue weighted by Gasteiger charge is -2.30. The number of allylic oxidation sites excluding steroid dienone is 4. The molecule has 4 rings (SSSR count). The lowest BCUT2D eigenvalue weighted by molar-refractivity contribution is 0.774. The predicted octanol–water partition coefficient (Wildman–Crippen LogP) is 5.87. The van der Waals surface area contributed by atoms with Crippen LogP contribution in [0.4, 0.5) is 0 Å². The minimum absolute atomic E-state index is 0.179. The molecule has 3 aromatic rings. The molecule has 0 bridgehead atoms. The maximum atomic E-state index is 6.81. The van der Waals surface area contributed by atoms with Crippen molar-refractivity contribution < 1.29 is 0 Å². The monoisotopic (exact) mass is 388 g/mol. The van der Waals surface area contributed by atoms with E-state index in [1.165, 1.54) is 27.1 Å². The average Bonchev–Trinajstić information content (AvgIpc) is 3.03. The van der Waals surface area contributed by atoms with Gasteiger partial charge in [0.05, 0.1) is 0 Å². The Morgan fingerprint density at radius 3 is 1.89 bits per heavy atom. The van der Waals surface area contributed by atoms with Gasteiger partial charge < -0.3 is 0 Å². The molecule has 0 spiro atoms. The smallest absolute Gasteiger partial charge is 0.0456 e. The van der Waals surface area contributed by atoms with Gasteiger partial charge in [-0.3, -0.25) is 0 Å². The van der Waals surface area contributed by atoms with Crippen LogP contribution < -0.4 is 15.9 Å². The van der Waals surface area contributed by atoms with Crippen molar-refractivity contribution in [1.82, 2.24) is 0 Å². The van der Waals surface area contributed by atoms with Gasteiger partial charge in [-0.05, 0) is 49.3 Å². The Morgan fingerprint density at radius 1 is 0.778 bits per heavy atom. The van der Waals surface area contributed by atoms with Crippen molar-refractivity contribution in [3.63, 3.8) is 0 Å². The number of hydrogen-bond acceptors (Lipinski definition) is 0. The van der Waals surface area contributed by atoms with Gasteiger partial charge in [-0.15, -0.1) is 0 Å². The van der Waals surface area contributed by atoms with Crippen LogP contribution in [0.15, 0.2) is 103 Å². The summed E-state index contributed by atoms with van der Waals surface area (Å²) in [6.45, 7) is 4.41. The molecule has 1 aliphatic carbocycles. The molecule has 0 nitrogen and oxygen atoms in total. The zero-order chi connectivity index (χ0) is 18.9. The Kier molecular flexibility index (Phi) is 5.04. The third-order valence-electron chi connectivity index (χ3n) is 5.02. The van der Waals surface area contributed by atoms with E-state index in [1.807, 2.05) is 6.07 Å². The molecule has 1 unspecified atom stereocenters. The quantitative estimate of drug-likeness (QED) is 0.490. The second kappa shape index (κ2) is 7.47. The van der Waals surface area contributed by atoms with E-state index in [-0.39, 0.29) is 5.41 Å². The van der Waals surface area contributed by atoms with E-state index in [9.17, 15) is 0 Å². The molecule has 1 aliphatic rings. The van der Waals surface area contributed by atoms with Gasteiger partial charge >= 0.3 is 0 Å². The summed E-state index contributed by atoms with van der Waals surface area (Å²) in [6, 6.07) is 27.9. The minimum Gasteiger partial charge on any atom is -0.0840 e. The van der Waals surface area contributed by atoms with E-state index >= 15 is 0 Å². The third kappa shape index (κ3) is 3.53. The predicted molar refractivity (Wildman–Crippen MR) is 120 cm³/mol. The average molecular weight is 389 g/mol. The Hall–Kier alpha value is -2.14. The highest BCUT2D eigenvalue weighted by Crippen LogP contribution is 2.43.